The molecule has 1 aromatic carbocycles. The lowest BCUT2D eigenvalue weighted by atomic mass is 10.0. The van der Waals surface area contributed by atoms with Crippen molar-refractivity contribution >= 4 is 25.3 Å². The van der Waals surface area contributed by atoms with E-state index in [9.17, 15) is 0 Å². The van der Waals surface area contributed by atoms with Gasteiger partial charge in [0.2, 0.25) is 7.98 Å². The van der Waals surface area contributed by atoms with E-state index in [1.54, 1.807) is 0 Å². The number of rotatable bonds is 7. The Labute approximate surface area is 162 Å². The van der Waals surface area contributed by atoms with E-state index in [0.717, 1.165) is 29.1 Å². The number of hydrogen-bond acceptors (Lipinski definition) is 3. The normalized spacial score (nSPS) is 15.8. The maximum atomic E-state index is 5.87. The molecule has 0 amide bonds. The average Bonchev–Trinajstić information content (AvgIpc) is 3.25. The van der Waals surface area contributed by atoms with Crippen LogP contribution in [-0.2, 0) is 0 Å². The van der Waals surface area contributed by atoms with Crippen LogP contribution in [0, 0.1) is 0 Å². The van der Waals surface area contributed by atoms with E-state index in [2.05, 4.69) is 55.9 Å². The van der Waals surface area contributed by atoms with Gasteiger partial charge < -0.3 is 14.9 Å². The molecule has 2 aromatic rings. The Balaban J connectivity index is 1.86. The maximum absolute atomic E-state index is 5.87. The van der Waals surface area contributed by atoms with Crippen molar-refractivity contribution in [3.63, 3.8) is 0 Å². The second-order valence-corrected chi connectivity index (χ2v) is 6.57. The molecule has 5 heteroatoms. The third-order valence-electron chi connectivity index (χ3n) is 4.55. The number of hydrogen-bond donors (Lipinski definition) is 1. The van der Waals surface area contributed by atoms with Crippen molar-refractivity contribution in [1.29, 1.82) is 0 Å². The predicted octanol–water partition coefficient (Wildman–Crippen LogP) is 3.46. The fraction of sp³-hybridized carbons (Fsp3) is 0.227. The van der Waals surface area contributed by atoms with Crippen LogP contribution in [-0.4, -0.2) is 31.3 Å². The molecule has 138 valence electrons. The van der Waals surface area contributed by atoms with E-state index >= 15 is 0 Å². The fourth-order valence-electron chi connectivity index (χ4n) is 3.24. The van der Waals surface area contributed by atoms with Crippen molar-refractivity contribution < 1.29 is 4.74 Å². The lowest BCUT2D eigenvalue weighted by Crippen LogP contribution is -2.05. The van der Waals surface area contributed by atoms with Gasteiger partial charge in [-0.05, 0) is 80.6 Å². The first-order valence-electron chi connectivity index (χ1n) is 9.35. The Hall–Kier alpha value is -2.79. The van der Waals surface area contributed by atoms with Gasteiger partial charge in [0.05, 0.1) is 18.0 Å². The topological polar surface area (TPSA) is 52.5 Å². The lowest BCUT2D eigenvalue weighted by Gasteiger charge is -2.11. The first-order chi connectivity index (χ1) is 13.1. The number of benzene rings is 1. The van der Waals surface area contributed by atoms with Gasteiger partial charge in [0.25, 0.3) is 0 Å². The molecular weight excluding hydrogens is 333 g/mol. The summed E-state index contributed by atoms with van der Waals surface area (Å²) in [6.07, 6.45) is 9.11. The minimum absolute atomic E-state index is 0.601. The summed E-state index contributed by atoms with van der Waals surface area (Å²) in [5, 5.41) is 0. The molecule has 0 spiro atoms. The van der Waals surface area contributed by atoms with E-state index in [1.807, 2.05) is 31.2 Å². The molecule has 0 radical (unpaired) electrons. The van der Waals surface area contributed by atoms with Crippen LogP contribution in [0.25, 0.3) is 11.6 Å². The minimum Gasteiger partial charge on any atom is -0.494 e. The van der Waals surface area contributed by atoms with Gasteiger partial charge in [-0.1, -0.05) is 18.2 Å². The van der Waals surface area contributed by atoms with Crippen molar-refractivity contribution in [2.45, 2.75) is 20.3 Å². The molecule has 0 bridgehead atoms. The van der Waals surface area contributed by atoms with Crippen LogP contribution in [0.4, 0.5) is 0 Å². The van der Waals surface area contributed by atoms with Crippen LogP contribution in [0.15, 0.2) is 71.0 Å². The van der Waals surface area contributed by atoms with E-state index in [0.29, 0.717) is 13.2 Å². The van der Waals surface area contributed by atoms with Crippen LogP contribution >= 0.6 is 0 Å². The number of aromatic nitrogens is 1. The van der Waals surface area contributed by atoms with E-state index in [4.69, 9.17) is 15.5 Å². The predicted molar refractivity (Wildman–Crippen MR) is 117 cm³/mol. The summed E-state index contributed by atoms with van der Waals surface area (Å²) in [4.78, 5) is 4.87. The molecule has 0 atom stereocenters. The highest BCUT2D eigenvalue weighted by Gasteiger charge is 2.16. The van der Waals surface area contributed by atoms with Crippen molar-refractivity contribution in [3.8, 4) is 5.75 Å². The Morgan fingerprint density at radius 2 is 2.00 bits per heavy atom. The van der Waals surface area contributed by atoms with Gasteiger partial charge in [0, 0.05) is 11.3 Å². The summed E-state index contributed by atoms with van der Waals surface area (Å²) in [6, 6.07) is 12.2. The van der Waals surface area contributed by atoms with Gasteiger partial charge in [-0.15, -0.1) is 0 Å². The molecule has 1 aliphatic rings. The van der Waals surface area contributed by atoms with E-state index in [-0.39, 0.29) is 0 Å². The van der Waals surface area contributed by atoms with Crippen molar-refractivity contribution in [3.05, 3.63) is 77.3 Å². The summed E-state index contributed by atoms with van der Waals surface area (Å²) in [5.74, 6) is 0.891. The quantitative estimate of drug-likeness (QED) is 0.770. The zero-order valence-corrected chi connectivity index (χ0v) is 16.3. The fourth-order valence-corrected chi connectivity index (χ4v) is 3.24. The highest BCUT2D eigenvalue weighted by molar-refractivity contribution is 6.11. The first-order valence-corrected chi connectivity index (χ1v) is 9.35. The molecule has 4 nitrogen and oxygen atoms in total. The van der Waals surface area contributed by atoms with Crippen molar-refractivity contribution in [2.24, 2.45) is 10.7 Å². The molecule has 1 aliphatic heterocycles. The van der Waals surface area contributed by atoms with Crippen LogP contribution in [0.1, 0.15) is 31.5 Å². The van der Waals surface area contributed by atoms with Crippen LogP contribution in [0.3, 0.4) is 0 Å². The highest BCUT2D eigenvalue weighted by atomic mass is 16.5. The Bertz CT molecular complexity index is 917. The molecule has 0 unspecified atom stereocenters. The van der Waals surface area contributed by atoms with Gasteiger partial charge in [-0.2, -0.15) is 0 Å². The average molecular weight is 359 g/mol. The second kappa shape index (κ2) is 8.74. The Morgan fingerprint density at radius 3 is 2.63 bits per heavy atom. The molecule has 0 fully saturated rings. The lowest BCUT2D eigenvalue weighted by molar-refractivity contribution is 0.340. The van der Waals surface area contributed by atoms with Gasteiger partial charge in [0.1, 0.15) is 5.75 Å². The van der Waals surface area contributed by atoms with Crippen molar-refractivity contribution in [1.82, 2.24) is 4.48 Å². The van der Waals surface area contributed by atoms with E-state index in [1.165, 1.54) is 16.8 Å². The summed E-state index contributed by atoms with van der Waals surface area (Å²) >= 11 is 0. The molecule has 27 heavy (non-hydrogen) atoms. The first kappa shape index (κ1) is 19.0. The highest BCUT2D eigenvalue weighted by Crippen LogP contribution is 2.31. The summed E-state index contributed by atoms with van der Waals surface area (Å²) < 4.78 is 7.61. The molecular formula is C22H26BN3O. The summed E-state index contributed by atoms with van der Waals surface area (Å²) in [7, 11) is 2.05. The number of nitrogens with two attached hydrogens (primary N) is 1. The largest absolute Gasteiger partial charge is 0.494 e. The Morgan fingerprint density at radius 1 is 1.22 bits per heavy atom. The van der Waals surface area contributed by atoms with Crippen LogP contribution in [0.5, 0.6) is 5.75 Å². The number of ether oxygens (including phenoxy) is 1. The number of nitrogens with zero attached hydrogens (tertiary/aromatic N) is 2. The van der Waals surface area contributed by atoms with Gasteiger partial charge in [-0.3, -0.25) is 0 Å². The summed E-state index contributed by atoms with van der Waals surface area (Å²) in [5.41, 5.74) is 12.5. The molecule has 2 heterocycles. The smallest absolute Gasteiger partial charge is 0.223 e. The molecule has 1 aromatic heterocycles. The number of allylic oxidation sites excluding steroid dienone is 3. The van der Waals surface area contributed by atoms with Crippen LogP contribution < -0.4 is 10.5 Å². The summed E-state index contributed by atoms with van der Waals surface area (Å²) in [6.45, 7) is 5.37. The molecule has 0 aliphatic carbocycles. The molecule has 2 N–H and O–H groups in total. The monoisotopic (exact) mass is 359 g/mol. The zero-order chi connectivity index (χ0) is 19.2. The van der Waals surface area contributed by atoms with Crippen LogP contribution in [0.2, 0.25) is 0 Å². The SMILES string of the molecule is Bn1cccc1/C(CCN)=C1N=C(/C=C/c2ccc(OCC)cc2)C=C\1C. The van der Waals surface area contributed by atoms with Gasteiger partial charge in [-0.25, -0.2) is 4.99 Å². The molecule has 3 rings (SSSR count). The Kier molecular flexibility index (Phi) is 6.14. The standard InChI is InChI=1S/C22H26BN3O/c1-3-27-19-10-7-17(8-11-19)6-9-18-15-16(2)22(25-18)20(12-13-24)21-5-4-14-26(21)23/h4-11,14-15H,3,12-13,23-24H2,1-2H3/b9-6+,22-20-. The van der Waals surface area contributed by atoms with E-state index < -0.39 is 0 Å². The molecule has 0 saturated heterocycles. The minimum atomic E-state index is 0.601. The third-order valence-corrected chi connectivity index (χ3v) is 4.55. The van der Waals surface area contributed by atoms with Crippen molar-refractivity contribution in [2.75, 3.05) is 13.2 Å². The molecule has 0 saturated carbocycles. The van der Waals surface area contributed by atoms with Gasteiger partial charge >= 0.3 is 0 Å². The zero-order valence-electron chi connectivity index (χ0n) is 16.3. The second-order valence-electron chi connectivity index (χ2n) is 6.57. The number of aliphatic imine (C=N–C) groups is 1. The maximum Gasteiger partial charge on any atom is 0.223 e. The van der Waals surface area contributed by atoms with Gasteiger partial charge in [0.15, 0.2) is 0 Å². The third kappa shape index (κ3) is 4.49.